The fourth-order valence-electron chi connectivity index (χ4n) is 3.26. The summed E-state index contributed by atoms with van der Waals surface area (Å²) in [6.45, 7) is 3.41. The van der Waals surface area contributed by atoms with Gasteiger partial charge in [-0.05, 0) is 23.6 Å². The Balaban J connectivity index is 3.20. The molecule has 0 saturated heterocycles. The number of carboxylic acids is 2. The molecule has 0 aliphatic rings. The molecule has 0 radical (unpaired) electrons. The van der Waals surface area contributed by atoms with Crippen molar-refractivity contribution in [2.45, 2.75) is 63.7 Å². The van der Waals surface area contributed by atoms with Crippen LogP contribution in [0.15, 0.2) is 24.3 Å². The maximum Gasteiger partial charge on any atom is 0.326 e. The smallest absolute Gasteiger partial charge is 0.326 e. The standard InChI is InChI=1S/C23H33N5O9/c1-3-11(2)19(28-20(33)14(24)9-17(25)30)22(35)26-15(8-12-4-6-13(29)7-5-12)21(34)27-16(23(36)37)10-18(31)32/h4-7,11,14-16,19,29H,3,8-10,24H2,1-2H3,(H2,25,30)(H,26,35)(H,27,34)(H,28,33)(H,31,32)(H,36,37). The van der Waals surface area contributed by atoms with Crippen molar-refractivity contribution in [3.63, 3.8) is 0 Å². The summed E-state index contributed by atoms with van der Waals surface area (Å²) in [5.41, 5.74) is 11.2. The number of primary amides is 1. The number of aliphatic carboxylic acids is 2. The van der Waals surface area contributed by atoms with Crippen LogP contribution in [0.1, 0.15) is 38.7 Å². The van der Waals surface area contributed by atoms with Crippen LogP contribution in [0.25, 0.3) is 0 Å². The quantitative estimate of drug-likeness (QED) is 0.128. The van der Waals surface area contributed by atoms with Crippen LogP contribution in [0.4, 0.5) is 0 Å². The summed E-state index contributed by atoms with van der Waals surface area (Å²) in [7, 11) is 0. The Morgan fingerprint density at radius 2 is 1.43 bits per heavy atom. The summed E-state index contributed by atoms with van der Waals surface area (Å²) < 4.78 is 0. The van der Waals surface area contributed by atoms with E-state index in [0.717, 1.165) is 0 Å². The molecule has 10 N–H and O–H groups in total. The highest BCUT2D eigenvalue weighted by molar-refractivity contribution is 5.95. The summed E-state index contributed by atoms with van der Waals surface area (Å²) in [6, 6.07) is 0.0184. The topological polar surface area (TPSA) is 251 Å². The number of hydrogen-bond donors (Lipinski definition) is 8. The van der Waals surface area contributed by atoms with Gasteiger partial charge in [0, 0.05) is 6.42 Å². The molecule has 37 heavy (non-hydrogen) atoms. The second kappa shape index (κ2) is 14.4. The molecule has 14 heteroatoms. The molecular weight excluding hydrogens is 490 g/mol. The summed E-state index contributed by atoms with van der Waals surface area (Å²) in [5.74, 6) is -6.93. The van der Waals surface area contributed by atoms with Gasteiger partial charge in [0.1, 0.15) is 23.9 Å². The monoisotopic (exact) mass is 523 g/mol. The Kier molecular flexibility index (Phi) is 12.0. The van der Waals surface area contributed by atoms with Crippen molar-refractivity contribution < 1.29 is 44.1 Å². The van der Waals surface area contributed by atoms with Crippen LogP contribution in [0.5, 0.6) is 5.75 Å². The van der Waals surface area contributed by atoms with Crippen LogP contribution in [0, 0.1) is 5.92 Å². The predicted molar refractivity (Wildman–Crippen MR) is 129 cm³/mol. The molecule has 0 aliphatic heterocycles. The largest absolute Gasteiger partial charge is 0.508 e. The second-order valence-corrected chi connectivity index (χ2v) is 8.58. The molecule has 204 valence electrons. The van der Waals surface area contributed by atoms with Crippen LogP contribution in [-0.2, 0) is 35.2 Å². The molecule has 0 heterocycles. The number of phenols is 1. The Morgan fingerprint density at radius 1 is 0.865 bits per heavy atom. The average molecular weight is 524 g/mol. The molecule has 1 aromatic carbocycles. The lowest BCUT2D eigenvalue weighted by atomic mass is 9.96. The number of carboxylic acid groups (broad SMARTS) is 2. The van der Waals surface area contributed by atoms with Crippen molar-refractivity contribution in [3.05, 3.63) is 29.8 Å². The van der Waals surface area contributed by atoms with Crippen molar-refractivity contribution in [1.29, 1.82) is 0 Å². The number of rotatable bonds is 15. The maximum absolute atomic E-state index is 13.2. The first-order chi connectivity index (χ1) is 17.2. The van der Waals surface area contributed by atoms with Crippen LogP contribution in [-0.4, -0.2) is 75.1 Å². The van der Waals surface area contributed by atoms with E-state index in [4.69, 9.17) is 16.6 Å². The number of hydrogen-bond acceptors (Lipinski definition) is 8. The van der Waals surface area contributed by atoms with Gasteiger partial charge in [-0.3, -0.25) is 24.0 Å². The molecule has 0 aliphatic carbocycles. The molecule has 1 rings (SSSR count). The van der Waals surface area contributed by atoms with Crippen LogP contribution in [0.2, 0.25) is 0 Å². The molecule has 0 bridgehead atoms. The Hall–Kier alpha value is -4.20. The van der Waals surface area contributed by atoms with Crippen molar-refractivity contribution in [1.82, 2.24) is 16.0 Å². The highest BCUT2D eigenvalue weighted by atomic mass is 16.4. The number of carbonyl (C=O) groups is 6. The second-order valence-electron chi connectivity index (χ2n) is 8.58. The summed E-state index contributed by atoms with van der Waals surface area (Å²) in [6.07, 6.45) is -1.07. The van der Waals surface area contributed by atoms with Gasteiger partial charge in [0.15, 0.2) is 0 Å². The molecule has 0 fully saturated rings. The number of nitrogens with one attached hydrogen (secondary N) is 3. The number of amides is 4. The van der Waals surface area contributed by atoms with E-state index in [-0.39, 0.29) is 12.2 Å². The van der Waals surface area contributed by atoms with Gasteiger partial charge >= 0.3 is 11.9 Å². The Bertz CT molecular complexity index is 999. The van der Waals surface area contributed by atoms with E-state index in [1.807, 2.05) is 0 Å². The van der Waals surface area contributed by atoms with E-state index in [1.54, 1.807) is 13.8 Å². The maximum atomic E-state index is 13.2. The number of carbonyl (C=O) groups excluding carboxylic acids is 4. The lowest BCUT2D eigenvalue weighted by molar-refractivity contribution is -0.147. The molecular formula is C23H33N5O9. The van der Waals surface area contributed by atoms with E-state index in [0.29, 0.717) is 12.0 Å². The molecule has 0 spiro atoms. The van der Waals surface area contributed by atoms with Crippen LogP contribution in [0.3, 0.4) is 0 Å². The van der Waals surface area contributed by atoms with E-state index < -0.39 is 78.5 Å². The van der Waals surface area contributed by atoms with Gasteiger partial charge in [0.25, 0.3) is 0 Å². The van der Waals surface area contributed by atoms with Gasteiger partial charge in [0.2, 0.25) is 23.6 Å². The van der Waals surface area contributed by atoms with Gasteiger partial charge < -0.3 is 42.7 Å². The third-order valence-corrected chi connectivity index (χ3v) is 5.55. The van der Waals surface area contributed by atoms with E-state index in [1.165, 1.54) is 24.3 Å². The number of phenolic OH excluding ortho intramolecular Hbond substituents is 1. The first-order valence-corrected chi connectivity index (χ1v) is 11.4. The van der Waals surface area contributed by atoms with Gasteiger partial charge in [-0.2, -0.15) is 0 Å². The zero-order chi connectivity index (χ0) is 28.3. The predicted octanol–water partition coefficient (Wildman–Crippen LogP) is -1.80. The Labute approximate surface area is 212 Å². The third kappa shape index (κ3) is 10.5. The summed E-state index contributed by atoms with van der Waals surface area (Å²) in [4.78, 5) is 72.1. The number of aromatic hydroxyl groups is 1. The fourth-order valence-corrected chi connectivity index (χ4v) is 3.26. The molecule has 4 amide bonds. The van der Waals surface area contributed by atoms with Crippen molar-refractivity contribution in [2.75, 3.05) is 0 Å². The lowest BCUT2D eigenvalue weighted by Crippen LogP contribution is -2.59. The zero-order valence-corrected chi connectivity index (χ0v) is 20.5. The van der Waals surface area contributed by atoms with E-state index >= 15 is 0 Å². The van der Waals surface area contributed by atoms with Crippen molar-refractivity contribution >= 4 is 35.6 Å². The van der Waals surface area contributed by atoms with Crippen molar-refractivity contribution in [3.8, 4) is 5.75 Å². The SMILES string of the molecule is CCC(C)C(NC(=O)C(N)CC(N)=O)C(=O)NC(Cc1ccc(O)cc1)C(=O)NC(CC(=O)O)C(=O)O. The summed E-state index contributed by atoms with van der Waals surface area (Å²) >= 11 is 0. The number of nitrogens with two attached hydrogens (primary N) is 2. The minimum atomic E-state index is -1.76. The molecule has 5 atom stereocenters. The normalized spacial score (nSPS) is 14.8. The molecule has 5 unspecified atom stereocenters. The molecule has 1 aromatic rings. The van der Waals surface area contributed by atoms with E-state index in [2.05, 4.69) is 16.0 Å². The minimum Gasteiger partial charge on any atom is -0.508 e. The fraction of sp³-hybridized carbons (Fsp3) is 0.478. The molecule has 0 aromatic heterocycles. The van der Waals surface area contributed by atoms with E-state index in [9.17, 15) is 39.0 Å². The van der Waals surface area contributed by atoms with Gasteiger partial charge in [-0.15, -0.1) is 0 Å². The van der Waals surface area contributed by atoms with Crippen LogP contribution < -0.4 is 27.4 Å². The highest BCUT2D eigenvalue weighted by Crippen LogP contribution is 2.13. The zero-order valence-electron chi connectivity index (χ0n) is 20.5. The number of benzene rings is 1. The first-order valence-electron chi connectivity index (χ1n) is 11.4. The van der Waals surface area contributed by atoms with Gasteiger partial charge in [-0.25, -0.2) is 4.79 Å². The first kappa shape index (κ1) is 30.8. The lowest BCUT2D eigenvalue weighted by Gasteiger charge is -2.28. The summed E-state index contributed by atoms with van der Waals surface area (Å²) in [5, 5.41) is 34.8. The minimum absolute atomic E-state index is 0.0481. The third-order valence-electron chi connectivity index (χ3n) is 5.55. The molecule has 14 nitrogen and oxygen atoms in total. The van der Waals surface area contributed by atoms with Crippen molar-refractivity contribution in [2.24, 2.45) is 17.4 Å². The van der Waals surface area contributed by atoms with Gasteiger partial charge in [-0.1, -0.05) is 32.4 Å². The average Bonchev–Trinajstić information content (AvgIpc) is 2.81. The highest BCUT2D eigenvalue weighted by Gasteiger charge is 2.33. The molecule has 0 saturated carbocycles. The van der Waals surface area contributed by atoms with Gasteiger partial charge in [0.05, 0.1) is 18.9 Å². The van der Waals surface area contributed by atoms with Crippen LogP contribution >= 0.6 is 0 Å². The Morgan fingerprint density at radius 3 is 1.92 bits per heavy atom.